The van der Waals surface area contributed by atoms with Crippen LogP contribution in [0.15, 0.2) is 23.3 Å². The van der Waals surface area contributed by atoms with E-state index >= 15 is 0 Å². The third-order valence-corrected chi connectivity index (χ3v) is 8.20. The van der Waals surface area contributed by atoms with Crippen LogP contribution < -0.4 is 0 Å². The number of allylic oxidation sites excluding steroid dienone is 3. The molecule has 0 heterocycles. The van der Waals surface area contributed by atoms with E-state index in [0.717, 1.165) is 18.4 Å². The van der Waals surface area contributed by atoms with Gasteiger partial charge in [0.2, 0.25) is 0 Å². The average molecular weight is 391 g/mol. The zero-order valence-electron chi connectivity index (χ0n) is 17.7. The van der Waals surface area contributed by atoms with E-state index in [0.29, 0.717) is 30.6 Å². The quantitative estimate of drug-likeness (QED) is 0.635. The van der Waals surface area contributed by atoms with Crippen LogP contribution in [0.5, 0.6) is 0 Å². The fraction of sp³-hybridized carbons (Fsp3) is 0.792. The Bertz CT molecular complexity index is 637. The van der Waals surface area contributed by atoms with Crippen LogP contribution in [0.2, 0.25) is 0 Å². The van der Waals surface area contributed by atoms with Gasteiger partial charge in [0, 0.05) is 18.8 Å². The summed E-state index contributed by atoms with van der Waals surface area (Å²) in [6, 6.07) is 0. The molecule has 4 nitrogen and oxygen atoms in total. The summed E-state index contributed by atoms with van der Waals surface area (Å²) < 4.78 is 0. The van der Waals surface area contributed by atoms with Crippen LogP contribution >= 0.6 is 0 Å². The number of carbonyl (C=O) groups is 1. The molecule has 158 valence electrons. The number of aliphatic hydroxyl groups excluding tert-OH is 2. The normalized spacial score (nSPS) is 42.5. The molecule has 28 heavy (non-hydrogen) atoms. The maximum Gasteiger partial charge on any atom is 0.303 e. The molecule has 0 amide bonds. The van der Waals surface area contributed by atoms with Gasteiger partial charge in [0.25, 0.3) is 0 Å². The molecule has 0 bridgehead atoms. The predicted octanol–water partition coefficient (Wildman–Crippen LogP) is 4.71. The molecule has 0 aromatic carbocycles. The second-order valence-electron chi connectivity index (χ2n) is 9.94. The number of aliphatic carboxylic acids is 1. The highest BCUT2D eigenvalue weighted by atomic mass is 16.4. The smallest absolute Gasteiger partial charge is 0.303 e. The number of fused-ring (bicyclic) bond motifs is 1. The third kappa shape index (κ3) is 4.38. The second-order valence-corrected chi connectivity index (χ2v) is 9.94. The molecular formula is C24H38O4. The fourth-order valence-corrected chi connectivity index (χ4v) is 6.47. The molecule has 3 N–H and O–H groups in total. The van der Waals surface area contributed by atoms with Crippen LogP contribution in [0.3, 0.4) is 0 Å². The summed E-state index contributed by atoms with van der Waals surface area (Å²) in [5.74, 6) is 1.07. The van der Waals surface area contributed by atoms with Gasteiger partial charge in [-0.1, -0.05) is 44.1 Å². The van der Waals surface area contributed by atoms with Crippen molar-refractivity contribution in [2.75, 3.05) is 0 Å². The van der Waals surface area contributed by atoms with Crippen molar-refractivity contribution < 1.29 is 20.1 Å². The summed E-state index contributed by atoms with van der Waals surface area (Å²) in [5.41, 5.74) is 2.96. The van der Waals surface area contributed by atoms with Crippen molar-refractivity contribution in [2.45, 2.75) is 90.8 Å². The van der Waals surface area contributed by atoms with E-state index in [9.17, 15) is 15.0 Å². The largest absolute Gasteiger partial charge is 0.481 e. The molecule has 3 aliphatic rings. The number of hydrogen-bond acceptors (Lipinski definition) is 3. The van der Waals surface area contributed by atoms with Crippen molar-refractivity contribution in [3.63, 3.8) is 0 Å². The molecule has 0 aromatic rings. The van der Waals surface area contributed by atoms with Crippen LogP contribution in [-0.2, 0) is 4.79 Å². The molecular weight excluding hydrogens is 352 g/mol. The second kappa shape index (κ2) is 8.71. The number of hydrogen-bond donors (Lipinski definition) is 3. The van der Waals surface area contributed by atoms with Crippen LogP contribution in [0.25, 0.3) is 0 Å². The first-order valence-electron chi connectivity index (χ1n) is 11.2. The molecule has 0 spiro atoms. The minimum atomic E-state index is -0.687. The summed E-state index contributed by atoms with van der Waals surface area (Å²) >= 11 is 0. The molecule has 0 aromatic heterocycles. The van der Waals surface area contributed by atoms with Gasteiger partial charge in [-0.05, 0) is 68.1 Å². The number of rotatable bonds is 5. The van der Waals surface area contributed by atoms with Crippen LogP contribution in [0.4, 0.5) is 0 Å². The molecule has 0 aliphatic heterocycles. The lowest BCUT2D eigenvalue weighted by Gasteiger charge is -2.44. The minimum Gasteiger partial charge on any atom is -0.481 e. The first-order chi connectivity index (χ1) is 13.2. The monoisotopic (exact) mass is 390 g/mol. The average Bonchev–Trinajstić information content (AvgIpc) is 2.99. The van der Waals surface area contributed by atoms with Gasteiger partial charge in [0.05, 0.1) is 12.2 Å². The van der Waals surface area contributed by atoms with E-state index < -0.39 is 18.2 Å². The molecule has 3 rings (SSSR count). The third-order valence-electron chi connectivity index (χ3n) is 8.20. The summed E-state index contributed by atoms with van der Waals surface area (Å²) in [6.07, 6.45) is 11.8. The summed E-state index contributed by atoms with van der Waals surface area (Å²) in [7, 11) is 0. The molecule has 3 saturated carbocycles. The van der Waals surface area contributed by atoms with E-state index in [1.807, 2.05) is 0 Å². The van der Waals surface area contributed by atoms with Crippen LogP contribution in [0, 0.1) is 29.1 Å². The Balaban J connectivity index is 1.75. The summed E-state index contributed by atoms with van der Waals surface area (Å²) in [5, 5.41) is 29.2. The Morgan fingerprint density at radius 3 is 2.68 bits per heavy atom. The summed E-state index contributed by atoms with van der Waals surface area (Å²) in [4.78, 5) is 11.0. The van der Waals surface area contributed by atoms with Crippen molar-refractivity contribution in [1.82, 2.24) is 0 Å². The zero-order valence-corrected chi connectivity index (χ0v) is 17.7. The molecule has 3 aliphatic carbocycles. The first kappa shape index (κ1) is 21.6. The minimum absolute atomic E-state index is 0.114. The van der Waals surface area contributed by atoms with Gasteiger partial charge < -0.3 is 15.3 Å². The maximum absolute atomic E-state index is 11.0. The Hall–Kier alpha value is -1.13. The molecule has 0 saturated heterocycles. The van der Waals surface area contributed by atoms with E-state index in [1.165, 1.54) is 31.3 Å². The van der Waals surface area contributed by atoms with Crippen molar-refractivity contribution >= 4 is 5.97 Å². The highest BCUT2D eigenvalue weighted by molar-refractivity contribution is 5.66. The Morgan fingerprint density at radius 2 is 1.96 bits per heavy atom. The topological polar surface area (TPSA) is 77.8 Å². The lowest BCUT2D eigenvalue weighted by Crippen LogP contribution is -2.36. The first-order valence-corrected chi connectivity index (χ1v) is 11.2. The summed E-state index contributed by atoms with van der Waals surface area (Å²) in [6.45, 7) is 6.73. The van der Waals surface area contributed by atoms with E-state index in [-0.39, 0.29) is 17.8 Å². The van der Waals surface area contributed by atoms with Crippen molar-refractivity contribution in [3.8, 4) is 0 Å². The maximum atomic E-state index is 11.0. The van der Waals surface area contributed by atoms with E-state index in [4.69, 9.17) is 5.11 Å². The van der Waals surface area contributed by atoms with Gasteiger partial charge in [-0.3, -0.25) is 4.79 Å². The van der Waals surface area contributed by atoms with Gasteiger partial charge in [-0.15, -0.1) is 0 Å². The van der Waals surface area contributed by atoms with Crippen LogP contribution in [0.1, 0.15) is 78.6 Å². The van der Waals surface area contributed by atoms with E-state index in [2.05, 4.69) is 32.9 Å². The van der Waals surface area contributed by atoms with Crippen molar-refractivity contribution in [1.29, 1.82) is 0 Å². The number of carboxylic acid groups (broad SMARTS) is 1. The molecule has 2 unspecified atom stereocenters. The van der Waals surface area contributed by atoms with Gasteiger partial charge in [0.1, 0.15) is 0 Å². The highest BCUT2D eigenvalue weighted by Crippen LogP contribution is 2.59. The highest BCUT2D eigenvalue weighted by Gasteiger charge is 2.50. The Kier molecular flexibility index (Phi) is 6.71. The molecule has 0 radical (unpaired) electrons. The van der Waals surface area contributed by atoms with Crippen molar-refractivity contribution in [3.05, 3.63) is 23.3 Å². The Morgan fingerprint density at radius 1 is 1.25 bits per heavy atom. The predicted molar refractivity (Wildman–Crippen MR) is 111 cm³/mol. The standard InChI is InChI=1S/C24H38O4/c1-15(6-11-23(27)28)20-9-10-21-17(5-4-12-24(20,21)3)7-8-18-13-19(25)14-22(26)16(18)2/h7-8,15-16,19-22,25-26H,4-6,9-14H2,1-3H3,(H,27,28)/t15-,16-,19?,20-,21+,22?,24-/m1/s1. The lowest BCUT2D eigenvalue weighted by atomic mass is 9.60. The fourth-order valence-electron chi connectivity index (χ4n) is 6.47. The SMILES string of the molecule is C[C@@H]1C(=CC=C2CCC[C@]3(C)[C@@H]([C@H](C)CCC(=O)O)CC[C@@H]23)CC(O)CC1O. The van der Waals surface area contributed by atoms with Gasteiger partial charge in [-0.25, -0.2) is 0 Å². The lowest BCUT2D eigenvalue weighted by molar-refractivity contribution is -0.137. The number of aliphatic hydroxyl groups is 2. The molecule has 7 atom stereocenters. The van der Waals surface area contributed by atoms with E-state index in [1.54, 1.807) is 0 Å². The van der Waals surface area contributed by atoms with Gasteiger partial charge in [-0.2, -0.15) is 0 Å². The van der Waals surface area contributed by atoms with Crippen molar-refractivity contribution in [2.24, 2.45) is 29.1 Å². The molecule has 4 heteroatoms. The van der Waals surface area contributed by atoms with Gasteiger partial charge in [0.15, 0.2) is 0 Å². The zero-order chi connectivity index (χ0) is 20.5. The van der Waals surface area contributed by atoms with Gasteiger partial charge >= 0.3 is 5.97 Å². The molecule has 3 fully saturated rings. The number of carboxylic acids is 1. The van der Waals surface area contributed by atoms with Crippen LogP contribution in [-0.4, -0.2) is 33.5 Å². The Labute approximate surface area is 169 Å².